The first kappa shape index (κ1) is 12.7. The van der Waals surface area contributed by atoms with Gasteiger partial charge in [-0.1, -0.05) is 12.2 Å². The molecule has 5 nitrogen and oxygen atoms in total. The van der Waals surface area contributed by atoms with Crippen LogP contribution in [0.15, 0.2) is 35.1 Å². The number of hydrogen-bond donors (Lipinski definition) is 3. The van der Waals surface area contributed by atoms with Gasteiger partial charge in [-0.05, 0) is 40.2 Å². The third-order valence-corrected chi connectivity index (χ3v) is 2.91. The lowest BCUT2D eigenvalue weighted by molar-refractivity contribution is 0.102. The van der Waals surface area contributed by atoms with Crippen LogP contribution in [0.25, 0.3) is 0 Å². The van der Waals surface area contributed by atoms with Gasteiger partial charge in [0.25, 0.3) is 5.91 Å². The molecule has 0 unspecified atom stereocenters. The minimum atomic E-state index is -0.433. The van der Waals surface area contributed by atoms with Crippen molar-refractivity contribution in [3.05, 3.63) is 45.3 Å². The maximum atomic E-state index is 11.9. The zero-order valence-electron chi connectivity index (χ0n) is 8.98. The smallest absolute Gasteiger partial charge is 0.259 e. The maximum absolute atomic E-state index is 11.9. The summed E-state index contributed by atoms with van der Waals surface area (Å²) in [6.45, 7) is 0. The van der Waals surface area contributed by atoms with Crippen LogP contribution in [0.5, 0.6) is 5.75 Å². The minimum Gasteiger partial charge on any atom is -0.504 e. The molecule has 7 heteroatoms. The molecule has 0 aromatic carbocycles. The van der Waals surface area contributed by atoms with Crippen LogP contribution in [-0.2, 0) is 0 Å². The van der Waals surface area contributed by atoms with Crippen molar-refractivity contribution >= 4 is 39.9 Å². The molecule has 2 aromatic rings. The van der Waals surface area contributed by atoms with Crippen molar-refractivity contribution in [2.24, 2.45) is 0 Å². The first-order chi connectivity index (χ1) is 8.58. The molecule has 2 rings (SSSR count). The number of H-pyrrole nitrogens is 1. The zero-order valence-corrected chi connectivity index (χ0v) is 11.4. The number of aromatic hydroxyl groups is 1. The average molecular weight is 326 g/mol. The molecule has 2 heterocycles. The second-order valence-corrected chi connectivity index (χ2v) is 4.59. The Labute approximate surface area is 116 Å². The molecule has 0 fully saturated rings. The fourth-order valence-electron chi connectivity index (χ4n) is 1.30. The highest BCUT2D eigenvalue weighted by atomic mass is 79.9. The first-order valence-corrected chi connectivity index (χ1v) is 6.12. The number of anilines is 1. The Balaban J connectivity index is 2.30. The largest absolute Gasteiger partial charge is 0.504 e. The molecule has 0 bridgehead atoms. The molecular formula is C11H8BrN3O2S. The summed E-state index contributed by atoms with van der Waals surface area (Å²) in [4.78, 5) is 18.6. The number of pyridine rings is 2. The van der Waals surface area contributed by atoms with Gasteiger partial charge < -0.3 is 15.4 Å². The lowest BCUT2D eigenvalue weighted by Crippen LogP contribution is -2.14. The number of carbonyl (C=O) groups is 1. The molecule has 0 atom stereocenters. The lowest BCUT2D eigenvalue weighted by atomic mass is 10.2. The van der Waals surface area contributed by atoms with E-state index in [1.165, 1.54) is 6.07 Å². The third-order valence-electron chi connectivity index (χ3n) is 2.13. The van der Waals surface area contributed by atoms with E-state index in [4.69, 9.17) is 12.2 Å². The van der Waals surface area contributed by atoms with Gasteiger partial charge in [0, 0.05) is 6.20 Å². The number of halogens is 1. The Bertz CT molecular complexity index is 657. The SMILES string of the molecule is O=C(Nc1nc(Br)ccc1O)c1ccc[nH]c1=S. The summed E-state index contributed by atoms with van der Waals surface area (Å²) in [5.74, 6) is -0.470. The van der Waals surface area contributed by atoms with E-state index < -0.39 is 5.91 Å². The molecule has 1 amide bonds. The molecule has 0 radical (unpaired) electrons. The molecule has 0 saturated heterocycles. The monoisotopic (exact) mass is 325 g/mol. The predicted octanol–water partition coefficient (Wildman–Crippen LogP) is 2.86. The van der Waals surface area contributed by atoms with Crippen LogP contribution in [0, 0.1) is 4.64 Å². The van der Waals surface area contributed by atoms with E-state index in [1.807, 2.05) is 0 Å². The summed E-state index contributed by atoms with van der Waals surface area (Å²) in [5, 5.41) is 12.1. The van der Waals surface area contributed by atoms with Crippen molar-refractivity contribution in [3.63, 3.8) is 0 Å². The van der Waals surface area contributed by atoms with Gasteiger partial charge in [0.1, 0.15) is 9.24 Å². The van der Waals surface area contributed by atoms with Gasteiger partial charge in [-0.15, -0.1) is 0 Å². The molecule has 2 aromatic heterocycles. The highest BCUT2D eigenvalue weighted by Crippen LogP contribution is 2.23. The van der Waals surface area contributed by atoms with Crippen molar-refractivity contribution in [3.8, 4) is 5.75 Å². The van der Waals surface area contributed by atoms with Gasteiger partial charge >= 0.3 is 0 Å². The zero-order chi connectivity index (χ0) is 13.1. The summed E-state index contributed by atoms with van der Waals surface area (Å²) in [6, 6.07) is 6.25. The van der Waals surface area contributed by atoms with E-state index in [2.05, 4.69) is 31.2 Å². The van der Waals surface area contributed by atoms with Crippen molar-refractivity contribution in [2.45, 2.75) is 0 Å². The summed E-state index contributed by atoms with van der Waals surface area (Å²) in [5.41, 5.74) is 0.314. The predicted molar refractivity (Wildman–Crippen MR) is 73.2 cm³/mol. The lowest BCUT2D eigenvalue weighted by Gasteiger charge is -2.06. The molecule has 0 saturated carbocycles. The van der Waals surface area contributed by atoms with Crippen LogP contribution in [0.3, 0.4) is 0 Å². The molecule has 0 aliphatic carbocycles. The van der Waals surface area contributed by atoms with E-state index in [9.17, 15) is 9.90 Å². The van der Waals surface area contributed by atoms with Crippen molar-refractivity contribution in [1.82, 2.24) is 9.97 Å². The number of nitrogens with one attached hydrogen (secondary N) is 2. The van der Waals surface area contributed by atoms with Gasteiger partial charge in [-0.3, -0.25) is 4.79 Å². The normalized spacial score (nSPS) is 10.1. The Hall–Kier alpha value is -1.73. The van der Waals surface area contributed by atoms with Crippen molar-refractivity contribution in [1.29, 1.82) is 0 Å². The second kappa shape index (κ2) is 5.28. The van der Waals surface area contributed by atoms with E-state index in [0.717, 1.165) is 0 Å². The van der Waals surface area contributed by atoms with Gasteiger partial charge in [0.15, 0.2) is 11.6 Å². The maximum Gasteiger partial charge on any atom is 0.259 e. The van der Waals surface area contributed by atoms with Crippen molar-refractivity contribution < 1.29 is 9.90 Å². The molecule has 0 spiro atoms. The van der Waals surface area contributed by atoms with Crippen LogP contribution in [-0.4, -0.2) is 21.0 Å². The van der Waals surface area contributed by atoms with Crippen LogP contribution in [0.4, 0.5) is 5.82 Å². The fraction of sp³-hybridized carbons (Fsp3) is 0. The topological polar surface area (TPSA) is 78.0 Å². The summed E-state index contributed by atoms with van der Waals surface area (Å²) in [7, 11) is 0. The number of hydrogen-bond acceptors (Lipinski definition) is 4. The summed E-state index contributed by atoms with van der Waals surface area (Å²) < 4.78 is 0.832. The molecule has 3 N–H and O–H groups in total. The number of nitrogens with zero attached hydrogens (tertiary/aromatic N) is 1. The second-order valence-electron chi connectivity index (χ2n) is 3.37. The number of aromatic amines is 1. The van der Waals surface area contributed by atoms with E-state index >= 15 is 0 Å². The van der Waals surface area contributed by atoms with Gasteiger partial charge in [0.2, 0.25) is 0 Å². The Kier molecular flexibility index (Phi) is 3.73. The Morgan fingerprint density at radius 2 is 2.22 bits per heavy atom. The van der Waals surface area contributed by atoms with Gasteiger partial charge in [-0.2, -0.15) is 0 Å². The number of aromatic nitrogens is 2. The molecule has 0 aliphatic rings. The van der Waals surface area contributed by atoms with E-state index in [0.29, 0.717) is 14.8 Å². The van der Waals surface area contributed by atoms with Crippen LogP contribution >= 0.6 is 28.1 Å². The molecular weight excluding hydrogens is 318 g/mol. The standard InChI is InChI=1S/C11H8BrN3O2S/c12-8-4-3-7(16)9(14-8)15-10(17)6-2-1-5-13-11(6)18/h1-5,16H,(H,13,18)(H,14,15,17). The Morgan fingerprint density at radius 1 is 1.44 bits per heavy atom. The third kappa shape index (κ3) is 2.74. The van der Waals surface area contributed by atoms with Crippen molar-refractivity contribution in [2.75, 3.05) is 5.32 Å². The summed E-state index contributed by atoms with van der Waals surface area (Å²) >= 11 is 8.15. The van der Waals surface area contributed by atoms with E-state index in [1.54, 1.807) is 24.4 Å². The fourth-order valence-corrected chi connectivity index (χ4v) is 1.83. The molecule has 0 aliphatic heterocycles. The molecule has 18 heavy (non-hydrogen) atoms. The number of amides is 1. The molecule has 92 valence electrons. The number of carbonyl (C=O) groups excluding carboxylic acids is 1. The Morgan fingerprint density at radius 3 is 2.94 bits per heavy atom. The van der Waals surface area contributed by atoms with Gasteiger partial charge in [0.05, 0.1) is 5.56 Å². The summed E-state index contributed by atoms with van der Waals surface area (Å²) in [6.07, 6.45) is 1.63. The van der Waals surface area contributed by atoms with E-state index in [-0.39, 0.29) is 11.6 Å². The van der Waals surface area contributed by atoms with Crippen LogP contribution in [0.2, 0.25) is 0 Å². The highest BCUT2D eigenvalue weighted by molar-refractivity contribution is 9.10. The van der Waals surface area contributed by atoms with Crippen LogP contribution in [0.1, 0.15) is 10.4 Å². The average Bonchev–Trinajstić information content (AvgIpc) is 2.34. The minimum absolute atomic E-state index is 0.0765. The quantitative estimate of drug-likeness (QED) is 0.586. The highest BCUT2D eigenvalue weighted by Gasteiger charge is 2.11. The van der Waals surface area contributed by atoms with Crippen LogP contribution < -0.4 is 5.32 Å². The van der Waals surface area contributed by atoms with Gasteiger partial charge in [-0.25, -0.2) is 4.98 Å². The number of rotatable bonds is 2. The first-order valence-electron chi connectivity index (χ1n) is 4.92.